The van der Waals surface area contributed by atoms with E-state index in [2.05, 4.69) is 20.8 Å². The molecule has 0 heterocycles. The zero-order valence-electron chi connectivity index (χ0n) is 15.9. The fraction of sp³-hybridized carbons (Fsp3) is 0.947. The predicted octanol–water partition coefficient (Wildman–Crippen LogP) is 4.07. The molecule has 2 N–H and O–H groups in total. The first-order valence-corrected chi connectivity index (χ1v) is 9.66. The number of quaternary nitrogens is 1. The van der Waals surface area contributed by atoms with Crippen molar-refractivity contribution in [2.24, 2.45) is 5.92 Å². The number of carboxylic acids is 1. The maximum absolute atomic E-state index is 11.1. The number of unbranched alkanes of at least 4 members (excludes halogenated alkanes) is 3. The molecule has 2 unspecified atom stereocenters. The molecule has 0 rings (SSSR count). The van der Waals surface area contributed by atoms with E-state index in [0.29, 0.717) is 6.42 Å². The fourth-order valence-electron chi connectivity index (χ4n) is 3.49. The van der Waals surface area contributed by atoms with Gasteiger partial charge in [0.25, 0.3) is 0 Å². The van der Waals surface area contributed by atoms with E-state index in [0.717, 1.165) is 56.3 Å². The number of carboxylic acid groups (broad SMARTS) is 1. The molecule has 0 aliphatic heterocycles. The number of hydrogen-bond acceptors (Lipinski definition) is 2. The van der Waals surface area contributed by atoms with Gasteiger partial charge in [-0.15, -0.1) is 0 Å². The third-order valence-electron chi connectivity index (χ3n) is 4.84. The van der Waals surface area contributed by atoms with Gasteiger partial charge in [0.1, 0.15) is 12.6 Å². The molecule has 0 radical (unpaired) electrons. The lowest BCUT2D eigenvalue weighted by atomic mass is 10.0. The molecule has 0 saturated heterocycles. The second-order valence-electron chi connectivity index (χ2n) is 7.23. The van der Waals surface area contributed by atoms with Crippen LogP contribution in [-0.2, 0) is 4.79 Å². The third kappa shape index (κ3) is 9.98. The topological polar surface area (TPSA) is 57.5 Å². The van der Waals surface area contributed by atoms with Crippen LogP contribution in [0.1, 0.15) is 79.1 Å². The number of carbonyl (C=O) groups is 1. The number of aliphatic carboxylic acids is 1. The molecular weight excluding hydrogens is 290 g/mol. The van der Waals surface area contributed by atoms with E-state index < -0.39 is 5.97 Å². The molecule has 0 amide bonds. The average molecular weight is 331 g/mol. The number of aliphatic hydroxyl groups excluding tert-OH is 1. The molecule has 0 saturated carbocycles. The lowest BCUT2D eigenvalue weighted by Gasteiger charge is -2.40. The average Bonchev–Trinajstić information content (AvgIpc) is 2.49. The normalized spacial score (nSPS) is 14.7. The molecule has 0 aromatic carbocycles. The molecule has 2 atom stereocenters. The lowest BCUT2D eigenvalue weighted by molar-refractivity contribution is -0.931. The molecule has 0 aliphatic rings. The van der Waals surface area contributed by atoms with Crippen LogP contribution in [0.15, 0.2) is 0 Å². The van der Waals surface area contributed by atoms with Crippen molar-refractivity contribution in [3.63, 3.8) is 0 Å². The zero-order chi connectivity index (χ0) is 17.7. The highest BCUT2D eigenvalue weighted by Crippen LogP contribution is 2.18. The van der Waals surface area contributed by atoms with Crippen LogP contribution >= 0.6 is 0 Å². The summed E-state index contributed by atoms with van der Waals surface area (Å²) in [5.41, 5.74) is 0. The van der Waals surface area contributed by atoms with Gasteiger partial charge in [0.2, 0.25) is 0 Å². The molecule has 4 heteroatoms. The van der Waals surface area contributed by atoms with E-state index >= 15 is 0 Å². The zero-order valence-corrected chi connectivity index (χ0v) is 15.9. The summed E-state index contributed by atoms with van der Waals surface area (Å²) in [7, 11) is 0. The maximum atomic E-state index is 11.1. The summed E-state index contributed by atoms with van der Waals surface area (Å²) >= 11 is 0. The standard InChI is InChI=1S/C19H39NO3/c1-5-8-9-10-11-18(21)16-20(13-6-2,14-7-3)15-12-17(4)19(22)23/h17-18,21H,5-16H2,1-4H3/p+1. The van der Waals surface area contributed by atoms with Crippen molar-refractivity contribution in [2.45, 2.75) is 85.2 Å². The van der Waals surface area contributed by atoms with E-state index in [1.54, 1.807) is 6.92 Å². The molecule has 0 aliphatic carbocycles. The molecule has 0 aromatic heterocycles. The number of rotatable bonds is 15. The number of aliphatic hydroxyl groups is 1. The predicted molar refractivity (Wildman–Crippen MR) is 96.5 cm³/mol. The Hall–Kier alpha value is -0.610. The summed E-state index contributed by atoms with van der Waals surface area (Å²) < 4.78 is 0.875. The van der Waals surface area contributed by atoms with Crippen molar-refractivity contribution in [1.29, 1.82) is 0 Å². The van der Waals surface area contributed by atoms with Gasteiger partial charge >= 0.3 is 5.97 Å². The van der Waals surface area contributed by atoms with Crippen LogP contribution in [0.2, 0.25) is 0 Å². The highest BCUT2D eigenvalue weighted by molar-refractivity contribution is 5.69. The molecule has 0 fully saturated rings. The van der Waals surface area contributed by atoms with Crippen molar-refractivity contribution in [3.05, 3.63) is 0 Å². The molecular formula is C19H40NO3+. The smallest absolute Gasteiger partial charge is 0.306 e. The van der Waals surface area contributed by atoms with Gasteiger partial charge in [-0.25, -0.2) is 0 Å². The van der Waals surface area contributed by atoms with Crippen LogP contribution < -0.4 is 0 Å². The highest BCUT2D eigenvalue weighted by atomic mass is 16.4. The quantitative estimate of drug-likeness (QED) is 0.351. The Morgan fingerprint density at radius 3 is 2.00 bits per heavy atom. The molecule has 0 aromatic rings. The summed E-state index contributed by atoms with van der Waals surface area (Å²) in [5, 5.41) is 19.6. The minimum absolute atomic E-state index is 0.259. The van der Waals surface area contributed by atoms with Crippen molar-refractivity contribution in [1.82, 2.24) is 0 Å². The molecule has 0 bridgehead atoms. The Kier molecular flexibility index (Phi) is 12.4. The molecule has 138 valence electrons. The van der Waals surface area contributed by atoms with Crippen molar-refractivity contribution in [2.75, 3.05) is 26.2 Å². The summed E-state index contributed by atoms with van der Waals surface area (Å²) in [6.45, 7) is 12.0. The first kappa shape index (κ1) is 22.4. The van der Waals surface area contributed by atoms with Crippen LogP contribution in [0.5, 0.6) is 0 Å². The van der Waals surface area contributed by atoms with Crippen molar-refractivity contribution < 1.29 is 19.5 Å². The number of hydrogen-bond donors (Lipinski definition) is 2. The molecule has 23 heavy (non-hydrogen) atoms. The van der Waals surface area contributed by atoms with Crippen LogP contribution in [-0.4, -0.2) is 52.9 Å². The van der Waals surface area contributed by atoms with Crippen LogP contribution in [0.25, 0.3) is 0 Å². The van der Waals surface area contributed by atoms with E-state index in [9.17, 15) is 9.90 Å². The Labute approximate surface area is 143 Å². The van der Waals surface area contributed by atoms with E-state index in [4.69, 9.17) is 5.11 Å². The SMILES string of the molecule is CCCCCCC(O)C[N+](CCC)(CCC)CCC(C)C(=O)O. The maximum Gasteiger partial charge on any atom is 0.306 e. The van der Waals surface area contributed by atoms with Gasteiger partial charge in [-0.3, -0.25) is 4.79 Å². The molecule has 0 spiro atoms. The van der Waals surface area contributed by atoms with Crippen LogP contribution in [0.3, 0.4) is 0 Å². The van der Waals surface area contributed by atoms with Gasteiger partial charge in [-0.1, -0.05) is 53.4 Å². The van der Waals surface area contributed by atoms with E-state index in [1.807, 2.05) is 0 Å². The van der Waals surface area contributed by atoms with E-state index in [-0.39, 0.29) is 12.0 Å². The number of nitrogens with zero attached hydrogens (tertiary/aromatic N) is 1. The lowest BCUT2D eigenvalue weighted by Crippen LogP contribution is -2.54. The Bertz CT molecular complexity index is 301. The van der Waals surface area contributed by atoms with Crippen molar-refractivity contribution >= 4 is 5.97 Å². The van der Waals surface area contributed by atoms with Crippen LogP contribution in [0, 0.1) is 5.92 Å². The van der Waals surface area contributed by atoms with Crippen molar-refractivity contribution in [3.8, 4) is 0 Å². The fourth-order valence-corrected chi connectivity index (χ4v) is 3.49. The second-order valence-corrected chi connectivity index (χ2v) is 7.23. The van der Waals surface area contributed by atoms with Gasteiger partial charge in [0, 0.05) is 6.42 Å². The Balaban J connectivity index is 4.65. The summed E-state index contributed by atoms with van der Waals surface area (Å²) in [6.07, 6.45) is 8.21. The summed E-state index contributed by atoms with van der Waals surface area (Å²) in [5.74, 6) is -1.01. The van der Waals surface area contributed by atoms with Gasteiger partial charge in [-0.2, -0.15) is 0 Å². The minimum Gasteiger partial charge on any atom is -0.481 e. The minimum atomic E-state index is -0.712. The monoisotopic (exact) mass is 330 g/mol. The van der Waals surface area contributed by atoms with Gasteiger partial charge in [0.15, 0.2) is 0 Å². The van der Waals surface area contributed by atoms with Gasteiger partial charge in [-0.05, 0) is 19.3 Å². The third-order valence-corrected chi connectivity index (χ3v) is 4.84. The summed E-state index contributed by atoms with van der Waals surface area (Å²) in [4.78, 5) is 11.1. The first-order chi connectivity index (χ1) is 10.9. The van der Waals surface area contributed by atoms with Crippen LogP contribution in [0.4, 0.5) is 0 Å². The first-order valence-electron chi connectivity index (χ1n) is 9.66. The van der Waals surface area contributed by atoms with E-state index in [1.165, 1.54) is 19.3 Å². The highest BCUT2D eigenvalue weighted by Gasteiger charge is 2.30. The van der Waals surface area contributed by atoms with Gasteiger partial charge < -0.3 is 14.7 Å². The van der Waals surface area contributed by atoms with Gasteiger partial charge in [0.05, 0.1) is 25.6 Å². The molecule has 4 nitrogen and oxygen atoms in total. The Morgan fingerprint density at radius 2 is 1.52 bits per heavy atom. The summed E-state index contributed by atoms with van der Waals surface area (Å²) in [6, 6.07) is 0. The Morgan fingerprint density at radius 1 is 0.913 bits per heavy atom. The second kappa shape index (κ2) is 12.8. The largest absolute Gasteiger partial charge is 0.481 e.